The van der Waals surface area contributed by atoms with Crippen LogP contribution in [0, 0.1) is 11.2 Å². The van der Waals surface area contributed by atoms with E-state index in [-0.39, 0.29) is 11.2 Å². The van der Waals surface area contributed by atoms with Gasteiger partial charge in [0.25, 0.3) is 0 Å². The van der Waals surface area contributed by atoms with Crippen molar-refractivity contribution >= 4 is 11.6 Å². The Bertz CT molecular complexity index is 417. The topological polar surface area (TPSA) is 12.0 Å². The van der Waals surface area contributed by atoms with Gasteiger partial charge >= 0.3 is 0 Å². The number of hydrogen-bond donors (Lipinski definition) is 1. The maximum Gasteiger partial charge on any atom is 0.123 e. The molecule has 0 aliphatic carbocycles. The van der Waals surface area contributed by atoms with Gasteiger partial charge in [0.15, 0.2) is 0 Å². The second-order valence-corrected chi connectivity index (χ2v) is 5.71. The van der Waals surface area contributed by atoms with Gasteiger partial charge in [0.1, 0.15) is 5.82 Å². The largest absolute Gasteiger partial charge is 0.314 e. The average Bonchev–Trinajstić information content (AvgIpc) is 2.31. The molecule has 3 heteroatoms. The van der Waals surface area contributed by atoms with Crippen LogP contribution in [0.4, 0.5) is 4.39 Å². The van der Waals surface area contributed by atoms with Crippen LogP contribution in [0.1, 0.15) is 26.3 Å². The van der Waals surface area contributed by atoms with Gasteiger partial charge < -0.3 is 5.32 Å². The maximum atomic E-state index is 13.2. The second kappa shape index (κ2) is 6.35. The van der Waals surface area contributed by atoms with Crippen molar-refractivity contribution in [1.82, 2.24) is 5.32 Å². The zero-order valence-corrected chi connectivity index (χ0v) is 12.0. The fourth-order valence-electron chi connectivity index (χ4n) is 1.76. The molecule has 1 rings (SSSR count). The molecule has 0 bridgehead atoms. The summed E-state index contributed by atoms with van der Waals surface area (Å²) in [5.41, 5.74) is 0.687. The lowest BCUT2D eigenvalue weighted by molar-refractivity contribution is 0.373. The Morgan fingerprint density at radius 1 is 1.50 bits per heavy atom. The molecule has 0 radical (unpaired) electrons. The van der Waals surface area contributed by atoms with Gasteiger partial charge in [-0.25, -0.2) is 4.39 Å². The van der Waals surface area contributed by atoms with E-state index in [2.05, 4.69) is 32.7 Å². The molecular weight excluding hydrogens is 249 g/mol. The number of rotatable bonds is 6. The van der Waals surface area contributed by atoms with Crippen molar-refractivity contribution in [2.45, 2.75) is 33.2 Å². The molecule has 1 N–H and O–H groups in total. The molecule has 0 saturated carbocycles. The third-order valence-electron chi connectivity index (χ3n) is 3.01. The molecule has 0 aliphatic rings. The SMILES string of the molecule is C=CC(C)(CNC(C)C)Cc1cc(F)ccc1Cl. The quantitative estimate of drug-likeness (QED) is 0.763. The lowest BCUT2D eigenvalue weighted by Gasteiger charge is -2.28. The molecule has 0 saturated heterocycles. The summed E-state index contributed by atoms with van der Waals surface area (Å²) in [7, 11) is 0. The third-order valence-corrected chi connectivity index (χ3v) is 3.38. The van der Waals surface area contributed by atoms with Gasteiger partial charge in [-0.2, -0.15) is 0 Å². The second-order valence-electron chi connectivity index (χ2n) is 5.31. The molecule has 0 aliphatic heterocycles. The minimum atomic E-state index is -0.252. The summed E-state index contributed by atoms with van der Waals surface area (Å²) in [4.78, 5) is 0. The first-order valence-electron chi connectivity index (χ1n) is 6.17. The smallest absolute Gasteiger partial charge is 0.123 e. The Balaban J connectivity index is 2.84. The van der Waals surface area contributed by atoms with E-state index in [4.69, 9.17) is 11.6 Å². The molecular formula is C15H21ClFN. The molecule has 18 heavy (non-hydrogen) atoms. The first-order valence-corrected chi connectivity index (χ1v) is 6.55. The summed E-state index contributed by atoms with van der Waals surface area (Å²) in [6, 6.07) is 4.89. The number of nitrogens with one attached hydrogen (secondary N) is 1. The van der Waals surface area contributed by atoms with Crippen molar-refractivity contribution in [2.24, 2.45) is 5.41 Å². The first kappa shape index (κ1) is 15.2. The minimum Gasteiger partial charge on any atom is -0.314 e. The summed E-state index contributed by atoms with van der Waals surface area (Å²) in [6.07, 6.45) is 2.58. The monoisotopic (exact) mass is 269 g/mol. The Hall–Kier alpha value is -0.860. The molecule has 1 unspecified atom stereocenters. The number of halogens is 2. The van der Waals surface area contributed by atoms with Crippen LogP contribution < -0.4 is 5.32 Å². The molecule has 1 atom stereocenters. The fourth-order valence-corrected chi connectivity index (χ4v) is 1.94. The Kier molecular flexibility index (Phi) is 5.36. The number of benzene rings is 1. The molecule has 1 aromatic rings. The fraction of sp³-hybridized carbons (Fsp3) is 0.467. The molecule has 0 spiro atoms. The van der Waals surface area contributed by atoms with Crippen molar-refractivity contribution < 1.29 is 4.39 Å². The van der Waals surface area contributed by atoms with E-state index in [0.717, 1.165) is 12.1 Å². The van der Waals surface area contributed by atoms with Crippen molar-refractivity contribution in [1.29, 1.82) is 0 Å². The third kappa shape index (κ3) is 4.43. The zero-order chi connectivity index (χ0) is 13.8. The normalized spacial score (nSPS) is 14.6. The van der Waals surface area contributed by atoms with E-state index in [1.54, 1.807) is 6.07 Å². The van der Waals surface area contributed by atoms with E-state index in [1.165, 1.54) is 12.1 Å². The van der Waals surface area contributed by atoms with E-state index < -0.39 is 0 Å². The van der Waals surface area contributed by atoms with Crippen molar-refractivity contribution in [3.63, 3.8) is 0 Å². The summed E-state index contributed by atoms with van der Waals surface area (Å²) >= 11 is 6.10. The van der Waals surface area contributed by atoms with Crippen LogP contribution in [0.25, 0.3) is 0 Å². The van der Waals surface area contributed by atoms with Gasteiger partial charge in [-0.15, -0.1) is 6.58 Å². The van der Waals surface area contributed by atoms with Crippen molar-refractivity contribution in [3.05, 3.63) is 47.3 Å². The van der Waals surface area contributed by atoms with Crippen LogP contribution in [0.15, 0.2) is 30.9 Å². The van der Waals surface area contributed by atoms with Gasteiger partial charge in [-0.05, 0) is 30.2 Å². The van der Waals surface area contributed by atoms with Crippen LogP contribution in [0.5, 0.6) is 0 Å². The van der Waals surface area contributed by atoms with Gasteiger partial charge in [-0.3, -0.25) is 0 Å². The predicted molar refractivity (Wildman–Crippen MR) is 76.6 cm³/mol. The first-order chi connectivity index (χ1) is 8.36. The van der Waals surface area contributed by atoms with E-state index in [9.17, 15) is 4.39 Å². The molecule has 1 aromatic carbocycles. The standard InChI is InChI=1S/C15H21ClFN/c1-5-15(4,10-18-11(2)3)9-12-8-13(17)6-7-14(12)16/h5-8,11,18H,1,9-10H2,2-4H3. The van der Waals surface area contributed by atoms with Crippen LogP contribution in [-0.2, 0) is 6.42 Å². The van der Waals surface area contributed by atoms with Gasteiger partial charge in [0.05, 0.1) is 0 Å². The summed E-state index contributed by atoms with van der Waals surface area (Å²) in [5, 5.41) is 3.99. The Morgan fingerprint density at radius 3 is 2.72 bits per heavy atom. The minimum absolute atomic E-state index is 0.137. The highest BCUT2D eigenvalue weighted by Gasteiger charge is 2.22. The molecule has 1 nitrogen and oxygen atoms in total. The lowest BCUT2D eigenvalue weighted by Crippen LogP contribution is -2.35. The van der Waals surface area contributed by atoms with Crippen molar-refractivity contribution in [2.75, 3.05) is 6.54 Å². The van der Waals surface area contributed by atoms with E-state index >= 15 is 0 Å². The maximum absolute atomic E-state index is 13.2. The molecule has 0 aromatic heterocycles. The van der Waals surface area contributed by atoms with E-state index in [1.807, 2.05) is 6.08 Å². The number of hydrogen-bond acceptors (Lipinski definition) is 1. The van der Waals surface area contributed by atoms with Crippen molar-refractivity contribution in [3.8, 4) is 0 Å². The summed E-state index contributed by atoms with van der Waals surface area (Å²) in [6.45, 7) is 11.0. The van der Waals surface area contributed by atoms with Crippen LogP contribution >= 0.6 is 11.6 Å². The lowest BCUT2D eigenvalue weighted by atomic mass is 9.83. The van der Waals surface area contributed by atoms with Crippen LogP contribution in [0.2, 0.25) is 5.02 Å². The zero-order valence-electron chi connectivity index (χ0n) is 11.3. The highest BCUT2D eigenvalue weighted by molar-refractivity contribution is 6.31. The van der Waals surface area contributed by atoms with Gasteiger partial charge in [0.2, 0.25) is 0 Å². The predicted octanol–water partition coefficient (Wildman–Crippen LogP) is 4.21. The van der Waals surface area contributed by atoms with Crippen LogP contribution in [-0.4, -0.2) is 12.6 Å². The van der Waals surface area contributed by atoms with Gasteiger partial charge in [0, 0.05) is 23.0 Å². The van der Waals surface area contributed by atoms with E-state index in [0.29, 0.717) is 17.5 Å². The Labute approximate surface area is 114 Å². The molecule has 0 heterocycles. The Morgan fingerprint density at radius 2 is 2.17 bits per heavy atom. The summed E-state index contributed by atoms with van der Waals surface area (Å²) in [5.74, 6) is -0.252. The highest BCUT2D eigenvalue weighted by atomic mass is 35.5. The average molecular weight is 270 g/mol. The summed E-state index contributed by atoms with van der Waals surface area (Å²) < 4.78 is 13.2. The molecule has 100 valence electrons. The van der Waals surface area contributed by atoms with Gasteiger partial charge in [-0.1, -0.05) is 38.4 Å². The highest BCUT2D eigenvalue weighted by Crippen LogP contribution is 2.28. The molecule has 0 fully saturated rings. The van der Waals surface area contributed by atoms with Crippen LogP contribution in [0.3, 0.4) is 0 Å². The molecule has 0 amide bonds.